The third-order valence-corrected chi connectivity index (χ3v) is 2.95. The van der Waals surface area contributed by atoms with Gasteiger partial charge in [0.1, 0.15) is 6.61 Å². The summed E-state index contributed by atoms with van der Waals surface area (Å²) < 4.78 is 5.09. The van der Waals surface area contributed by atoms with E-state index in [1.807, 2.05) is 49.3 Å². The van der Waals surface area contributed by atoms with E-state index in [1.54, 1.807) is 0 Å². The van der Waals surface area contributed by atoms with Crippen molar-refractivity contribution in [1.82, 2.24) is 4.90 Å². The summed E-state index contributed by atoms with van der Waals surface area (Å²) in [6.07, 6.45) is 0. The van der Waals surface area contributed by atoms with Gasteiger partial charge >= 0.3 is 5.97 Å². The maximum atomic E-state index is 11.7. The van der Waals surface area contributed by atoms with Gasteiger partial charge < -0.3 is 9.64 Å². The van der Waals surface area contributed by atoms with Gasteiger partial charge in [0.2, 0.25) is 0 Å². The van der Waals surface area contributed by atoms with E-state index in [-0.39, 0.29) is 5.57 Å². The predicted molar refractivity (Wildman–Crippen MR) is 73.7 cm³/mol. The molecule has 4 heteroatoms. The fourth-order valence-electron chi connectivity index (χ4n) is 1.34. The van der Waals surface area contributed by atoms with Crippen LogP contribution < -0.4 is 0 Å². The van der Waals surface area contributed by atoms with Gasteiger partial charge in [-0.2, -0.15) is 0 Å². The molecule has 0 amide bonds. The van der Waals surface area contributed by atoms with Gasteiger partial charge in [-0.25, -0.2) is 4.79 Å². The van der Waals surface area contributed by atoms with Crippen LogP contribution in [-0.4, -0.2) is 38.1 Å². The summed E-state index contributed by atoms with van der Waals surface area (Å²) in [5.41, 5.74) is 1.11. The van der Waals surface area contributed by atoms with Gasteiger partial charge in [-0.15, -0.1) is 11.6 Å². The number of carbonyl (C=O) groups is 1. The molecule has 0 saturated heterocycles. The molecule has 98 valence electrons. The smallest absolute Gasteiger partial charge is 0.335 e. The van der Waals surface area contributed by atoms with Gasteiger partial charge in [0, 0.05) is 6.54 Å². The fourth-order valence-corrected chi connectivity index (χ4v) is 1.57. The van der Waals surface area contributed by atoms with Crippen LogP contribution in [0.2, 0.25) is 0 Å². The third-order valence-electron chi connectivity index (χ3n) is 2.43. The molecule has 1 unspecified atom stereocenters. The number of rotatable bonds is 6. The van der Waals surface area contributed by atoms with E-state index in [1.165, 1.54) is 0 Å². The van der Waals surface area contributed by atoms with Gasteiger partial charge in [0.25, 0.3) is 0 Å². The van der Waals surface area contributed by atoms with Crippen molar-refractivity contribution in [3.63, 3.8) is 0 Å². The highest BCUT2D eigenvalue weighted by molar-refractivity contribution is 6.25. The van der Waals surface area contributed by atoms with E-state index < -0.39 is 11.3 Å². The monoisotopic (exact) mass is 267 g/mol. The van der Waals surface area contributed by atoms with Crippen LogP contribution in [0.3, 0.4) is 0 Å². The van der Waals surface area contributed by atoms with Crippen molar-refractivity contribution in [2.24, 2.45) is 0 Å². The molecular formula is C14H18ClNO2. The molecule has 0 aliphatic heterocycles. The number of likely N-dealkylation sites (N-methyl/N-ethyl adjacent to an activating group) is 1. The molecule has 0 bridgehead atoms. The number of hydrogen-bond donors (Lipinski definition) is 0. The zero-order valence-corrected chi connectivity index (χ0v) is 11.5. The van der Waals surface area contributed by atoms with Crippen LogP contribution in [0.5, 0.6) is 0 Å². The first kappa shape index (κ1) is 14.7. The Balaban J connectivity index is 2.51. The van der Waals surface area contributed by atoms with Crippen LogP contribution in [0.1, 0.15) is 10.9 Å². The van der Waals surface area contributed by atoms with Gasteiger partial charge in [-0.1, -0.05) is 36.9 Å². The highest BCUT2D eigenvalue weighted by Crippen LogP contribution is 2.27. The second kappa shape index (κ2) is 7.19. The molecule has 0 N–H and O–H groups in total. The normalized spacial score (nSPS) is 12.2. The number of hydrogen-bond acceptors (Lipinski definition) is 3. The van der Waals surface area contributed by atoms with Gasteiger partial charge in [-0.05, 0) is 19.7 Å². The van der Waals surface area contributed by atoms with E-state index in [0.29, 0.717) is 13.2 Å². The second-order valence-electron chi connectivity index (χ2n) is 4.24. The first-order valence-corrected chi connectivity index (χ1v) is 6.15. The Bertz CT molecular complexity index is 404. The van der Waals surface area contributed by atoms with Gasteiger partial charge in [0.15, 0.2) is 0 Å². The van der Waals surface area contributed by atoms with Crippen molar-refractivity contribution in [2.45, 2.75) is 5.38 Å². The molecule has 0 aromatic heterocycles. The maximum Gasteiger partial charge on any atom is 0.335 e. The molecule has 0 radical (unpaired) electrons. The average molecular weight is 268 g/mol. The Kier molecular flexibility index (Phi) is 5.89. The van der Waals surface area contributed by atoms with Crippen LogP contribution in [0.15, 0.2) is 42.5 Å². The summed E-state index contributed by atoms with van der Waals surface area (Å²) in [5, 5.41) is -0.543. The molecular weight excluding hydrogens is 250 g/mol. The van der Waals surface area contributed by atoms with Crippen LogP contribution >= 0.6 is 11.6 Å². The molecule has 0 heterocycles. The Labute approximate surface area is 113 Å². The predicted octanol–water partition coefficient (Wildman–Crippen LogP) is 2.63. The first-order valence-electron chi connectivity index (χ1n) is 5.72. The van der Waals surface area contributed by atoms with E-state index in [2.05, 4.69) is 6.58 Å². The number of benzene rings is 1. The average Bonchev–Trinajstić information content (AvgIpc) is 2.37. The van der Waals surface area contributed by atoms with Crippen molar-refractivity contribution in [3.8, 4) is 0 Å². The summed E-state index contributed by atoms with van der Waals surface area (Å²) in [6, 6.07) is 9.35. The van der Waals surface area contributed by atoms with Crippen molar-refractivity contribution in [3.05, 3.63) is 48.0 Å². The lowest BCUT2D eigenvalue weighted by Gasteiger charge is -2.14. The zero-order valence-electron chi connectivity index (χ0n) is 10.7. The summed E-state index contributed by atoms with van der Waals surface area (Å²) in [7, 11) is 3.83. The lowest BCUT2D eigenvalue weighted by molar-refractivity contribution is -0.139. The van der Waals surface area contributed by atoms with Crippen molar-refractivity contribution >= 4 is 17.6 Å². The standard InChI is InChI=1S/C14H18ClNO2/c1-11(14(17)18-10-9-16(2)3)13(15)12-7-5-4-6-8-12/h4-8,13H,1,9-10H2,2-3H3. The summed E-state index contributed by atoms with van der Waals surface area (Å²) >= 11 is 6.18. The number of nitrogens with zero attached hydrogens (tertiary/aromatic N) is 1. The Morgan fingerprint density at radius 1 is 1.39 bits per heavy atom. The molecule has 3 nitrogen and oxygen atoms in total. The molecule has 0 saturated carbocycles. The number of esters is 1. The minimum Gasteiger partial charge on any atom is -0.461 e. The second-order valence-corrected chi connectivity index (χ2v) is 4.67. The Morgan fingerprint density at radius 2 is 2.00 bits per heavy atom. The van der Waals surface area contributed by atoms with E-state index in [0.717, 1.165) is 5.56 Å². The molecule has 0 aliphatic rings. The maximum absolute atomic E-state index is 11.7. The Morgan fingerprint density at radius 3 is 2.56 bits per heavy atom. The molecule has 18 heavy (non-hydrogen) atoms. The third kappa shape index (κ3) is 4.51. The summed E-state index contributed by atoms with van der Waals surface area (Å²) in [6.45, 7) is 4.72. The lowest BCUT2D eigenvalue weighted by atomic mass is 10.1. The Hall–Kier alpha value is -1.32. The van der Waals surface area contributed by atoms with Crippen molar-refractivity contribution in [1.29, 1.82) is 0 Å². The lowest BCUT2D eigenvalue weighted by Crippen LogP contribution is -2.21. The number of carbonyl (C=O) groups excluding carboxylic acids is 1. The summed E-state index contributed by atoms with van der Waals surface area (Å²) in [4.78, 5) is 13.7. The highest BCUT2D eigenvalue weighted by atomic mass is 35.5. The molecule has 1 rings (SSSR count). The minimum atomic E-state index is -0.543. The highest BCUT2D eigenvalue weighted by Gasteiger charge is 2.19. The minimum absolute atomic E-state index is 0.265. The van der Waals surface area contributed by atoms with E-state index >= 15 is 0 Å². The molecule has 0 spiro atoms. The zero-order chi connectivity index (χ0) is 13.5. The SMILES string of the molecule is C=C(C(=O)OCCN(C)C)C(Cl)c1ccccc1. The van der Waals surface area contributed by atoms with Crippen LogP contribution in [0.25, 0.3) is 0 Å². The van der Waals surface area contributed by atoms with Crippen LogP contribution in [0.4, 0.5) is 0 Å². The van der Waals surface area contributed by atoms with Gasteiger partial charge in [-0.3, -0.25) is 0 Å². The number of ether oxygens (including phenoxy) is 1. The molecule has 1 atom stereocenters. The van der Waals surface area contributed by atoms with Gasteiger partial charge in [0.05, 0.1) is 11.0 Å². The largest absolute Gasteiger partial charge is 0.461 e. The van der Waals surface area contributed by atoms with Crippen LogP contribution in [-0.2, 0) is 9.53 Å². The quantitative estimate of drug-likeness (QED) is 0.451. The fraction of sp³-hybridized carbons (Fsp3) is 0.357. The summed E-state index contributed by atoms with van der Waals surface area (Å²) in [5.74, 6) is -0.444. The topological polar surface area (TPSA) is 29.5 Å². The van der Waals surface area contributed by atoms with Crippen molar-refractivity contribution in [2.75, 3.05) is 27.2 Å². The van der Waals surface area contributed by atoms with Crippen LogP contribution in [0, 0.1) is 0 Å². The molecule has 1 aromatic carbocycles. The first-order chi connectivity index (χ1) is 8.52. The number of alkyl halides is 1. The number of halogens is 1. The molecule has 1 aromatic rings. The molecule has 0 aliphatic carbocycles. The van der Waals surface area contributed by atoms with E-state index in [4.69, 9.17) is 16.3 Å². The van der Waals surface area contributed by atoms with Crippen molar-refractivity contribution < 1.29 is 9.53 Å². The molecule has 0 fully saturated rings. The van der Waals surface area contributed by atoms with E-state index in [9.17, 15) is 4.79 Å².